The van der Waals surface area contributed by atoms with Crippen LogP contribution in [-0.4, -0.2) is 21.9 Å². The van der Waals surface area contributed by atoms with Gasteiger partial charge in [-0.15, -0.1) is 5.10 Å². The van der Waals surface area contributed by atoms with Crippen LogP contribution in [0.15, 0.2) is 60.7 Å². The summed E-state index contributed by atoms with van der Waals surface area (Å²) in [7, 11) is 0. The van der Waals surface area contributed by atoms with Crippen LogP contribution < -0.4 is 5.32 Å². The number of hydrogen-bond acceptors (Lipinski definition) is 2. The van der Waals surface area contributed by atoms with Crippen molar-refractivity contribution in [2.75, 3.05) is 5.32 Å². The molecule has 3 rings (SSSR count). The van der Waals surface area contributed by atoms with E-state index < -0.39 is 17.9 Å². The standard InChI is InChI=1S/C17H11F4N3O/c18-12-6-8-13(9-7-12)24-14(11-4-2-1-3-5-11)10-15(23-24)22-16(25)17(19,20)21/h1-10H,(H,22,23,25). The Morgan fingerprint density at radius 2 is 1.64 bits per heavy atom. The molecule has 0 radical (unpaired) electrons. The number of anilines is 1. The number of rotatable bonds is 3. The van der Waals surface area contributed by atoms with E-state index in [0.717, 1.165) is 0 Å². The quantitative estimate of drug-likeness (QED) is 0.721. The number of nitrogens with one attached hydrogen (secondary N) is 1. The van der Waals surface area contributed by atoms with Gasteiger partial charge in [0, 0.05) is 11.6 Å². The zero-order valence-electron chi connectivity index (χ0n) is 12.6. The Hall–Kier alpha value is -3.16. The van der Waals surface area contributed by atoms with Crippen molar-refractivity contribution in [3.05, 3.63) is 66.5 Å². The molecule has 0 saturated carbocycles. The summed E-state index contributed by atoms with van der Waals surface area (Å²) < 4.78 is 51.8. The fourth-order valence-corrected chi connectivity index (χ4v) is 2.22. The van der Waals surface area contributed by atoms with Crippen LogP contribution in [0.1, 0.15) is 0 Å². The molecule has 2 aromatic carbocycles. The summed E-state index contributed by atoms with van der Waals surface area (Å²) in [6, 6.07) is 15.4. The lowest BCUT2D eigenvalue weighted by molar-refractivity contribution is -0.167. The highest BCUT2D eigenvalue weighted by atomic mass is 19.4. The fraction of sp³-hybridized carbons (Fsp3) is 0.0588. The van der Waals surface area contributed by atoms with Crippen LogP contribution in [0.25, 0.3) is 16.9 Å². The molecule has 25 heavy (non-hydrogen) atoms. The van der Waals surface area contributed by atoms with Gasteiger partial charge in [0.05, 0.1) is 11.4 Å². The second kappa shape index (κ2) is 6.39. The van der Waals surface area contributed by atoms with Gasteiger partial charge in [-0.3, -0.25) is 4.79 Å². The summed E-state index contributed by atoms with van der Waals surface area (Å²) in [6.07, 6.45) is -5.02. The van der Waals surface area contributed by atoms with Gasteiger partial charge < -0.3 is 5.32 Å². The number of amides is 1. The van der Waals surface area contributed by atoms with Crippen LogP contribution in [0, 0.1) is 5.82 Å². The number of carbonyl (C=O) groups excluding carboxylic acids is 1. The molecule has 0 atom stereocenters. The molecule has 128 valence electrons. The Balaban J connectivity index is 2.06. The molecule has 8 heteroatoms. The monoisotopic (exact) mass is 349 g/mol. The molecule has 0 aliphatic carbocycles. The highest BCUT2D eigenvalue weighted by molar-refractivity contribution is 5.94. The molecule has 0 bridgehead atoms. The van der Waals surface area contributed by atoms with Gasteiger partial charge in [-0.1, -0.05) is 30.3 Å². The lowest BCUT2D eigenvalue weighted by atomic mass is 10.1. The number of carbonyl (C=O) groups is 1. The fourth-order valence-electron chi connectivity index (χ4n) is 2.22. The first-order valence-corrected chi connectivity index (χ1v) is 7.14. The van der Waals surface area contributed by atoms with E-state index in [0.29, 0.717) is 16.9 Å². The zero-order chi connectivity index (χ0) is 18.0. The number of aromatic nitrogens is 2. The Kier molecular flexibility index (Phi) is 4.26. The van der Waals surface area contributed by atoms with Gasteiger partial charge in [-0.25, -0.2) is 9.07 Å². The molecule has 1 amide bonds. The van der Waals surface area contributed by atoms with E-state index in [-0.39, 0.29) is 5.82 Å². The van der Waals surface area contributed by atoms with E-state index in [1.165, 1.54) is 35.0 Å². The van der Waals surface area contributed by atoms with Crippen molar-refractivity contribution in [1.29, 1.82) is 0 Å². The van der Waals surface area contributed by atoms with Crippen molar-refractivity contribution in [3.63, 3.8) is 0 Å². The number of halogens is 4. The third-order valence-electron chi connectivity index (χ3n) is 3.35. The third kappa shape index (κ3) is 3.68. The average molecular weight is 349 g/mol. The zero-order valence-corrected chi connectivity index (χ0v) is 12.6. The van der Waals surface area contributed by atoms with Crippen molar-refractivity contribution in [2.45, 2.75) is 6.18 Å². The molecular formula is C17H11F4N3O. The number of alkyl halides is 3. The summed E-state index contributed by atoms with van der Waals surface area (Å²) in [5, 5.41) is 5.73. The van der Waals surface area contributed by atoms with Crippen molar-refractivity contribution in [3.8, 4) is 16.9 Å². The molecule has 0 aliphatic rings. The van der Waals surface area contributed by atoms with Gasteiger partial charge >= 0.3 is 12.1 Å². The Morgan fingerprint density at radius 1 is 1.00 bits per heavy atom. The third-order valence-corrected chi connectivity index (χ3v) is 3.35. The first-order valence-electron chi connectivity index (χ1n) is 7.14. The normalized spacial score (nSPS) is 11.4. The molecule has 0 fully saturated rings. The van der Waals surface area contributed by atoms with E-state index in [2.05, 4.69) is 5.10 Å². The molecule has 0 unspecified atom stereocenters. The predicted octanol–water partition coefficient (Wildman–Crippen LogP) is 4.18. The molecular weight excluding hydrogens is 338 g/mol. The summed E-state index contributed by atoms with van der Waals surface area (Å²) in [6.45, 7) is 0. The van der Waals surface area contributed by atoms with Gasteiger partial charge in [0.2, 0.25) is 0 Å². The van der Waals surface area contributed by atoms with Crippen LogP contribution >= 0.6 is 0 Å². The average Bonchev–Trinajstić information content (AvgIpc) is 2.99. The van der Waals surface area contributed by atoms with Crippen LogP contribution in [-0.2, 0) is 4.79 Å². The minimum absolute atomic E-state index is 0.259. The second-order valence-electron chi connectivity index (χ2n) is 5.12. The van der Waals surface area contributed by atoms with E-state index in [1.54, 1.807) is 35.6 Å². The van der Waals surface area contributed by atoms with Crippen molar-refractivity contribution >= 4 is 11.7 Å². The summed E-state index contributed by atoms with van der Waals surface area (Å²) in [4.78, 5) is 11.1. The smallest absolute Gasteiger partial charge is 0.301 e. The molecule has 1 N–H and O–H groups in total. The predicted molar refractivity (Wildman–Crippen MR) is 83.6 cm³/mol. The molecule has 4 nitrogen and oxygen atoms in total. The van der Waals surface area contributed by atoms with E-state index >= 15 is 0 Å². The summed E-state index contributed by atoms with van der Waals surface area (Å²) >= 11 is 0. The van der Waals surface area contributed by atoms with Gasteiger partial charge in [0.25, 0.3) is 0 Å². The van der Waals surface area contributed by atoms with Crippen molar-refractivity contribution < 1.29 is 22.4 Å². The molecule has 0 spiro atoms. The first kappa shape index (κ1) is 16.7. The lowest BCUT2D eigenvalue weighted by Crippen LogP contribution is -2.30. The second-order valence-corrected chi connectivity index (χ2v) is 5.12. The largest absolute Gasteiger partial charge is 0.471 e. The number of nitrogens with zero attached hydrogens (tertiary/aromatic N) is 2. The Labute approximate surface area is 139 Å². The number of hydrogen-bond donors (Lipinski definition) is 1. The molecule has 0 saturated heterocycles. The highest BCUT2D eigenvalue weighted by Crippen LogP contribution is 2.27. The van der Waals surface area contributed by atoms with Gasteiger partial charge in [0.1, 0.15) is 5.82 Å². The SMILES string of the molecule is O=C(Nc1cc(-c2ccccc2)n(-c2ccc(F)cc2)n1)C(F)(F)F. The van der Waals surface area contributed by atoms with Crippen molar-refractivity contribution in [1.82, 2.24) is 9.78 Å². The van der Waals surface area contributed by atoms with Gasteiger partial charge in [-0.05, 0) is 24.3 Å². The molecule has 0 aliphatic heterocycles. The lowest BCUT2D eigenvalue weighted by Gasteiger charge is -2.07. The Bertz CT molecular complexity index is 887. The maximum absolute atomic E-state index is 13.1. The van der Waals surface area contributed by atoms with E-state index in [1.807, 2.05) is 0 Å². The topological polar surface area (TPSA) is 46.9 Å². The van der Waals surface area contributed by atoms with E-state index in [4.69, 9.17) is 0 Å². The Morgan fingerprint density at radius 3 is 2.24 bits per heavy atom. The first-order chi connectivity index (χ1) is 11.8. The highest BCUT2D eigenvalue weighted by Gasteiger charge is 2.39. The minimum atomic E-state index is -5.02. The van der Waals surface area contributed by atoms with Crippen LogP contribution in [0.3, 0.4) is 0 Å². The van der Waals surface area contributed by atoms with E-state index in [9.17, 15) is 22.4 Å². The molecule has 3 aromatic rings. The van der Waals surface area contributed by atoms with Gasteiger partial charge in [-0.2, -0.15) is 13.2 Å². The molecule has 1 aromatic heterocycles. The minimum Gasteiger partial charge on any atom is -0.301 e. The van der Waals surface area contributed by atoms with Crippen molar-refractivity contribution in [2.24, 2.45) is 0 Å². The van der Waals surface area contributed by atoms with Crippen LogP contribution in [0.2, 0.25) is 0 Å². The number of benzene rings is 2. The summed E-state index contributed by atoms with van der Waals surface area (Å²) in [5.74, 6) is -2.83. The maximum Gasteiger partial charge on any atom is 0.471 e. The maximum atomic E-state index is 13.1. The summed E-state index contributed by atoms with van der Waals surface area (Å²) in [5.41, 5.74) is 1.56. The van der Waals surface area contributed by atoms with Gasteiger partial charge in [0.15, 0.2) is 5.82 Å². The van der Waals surface area contributed by atoms with Crippen LogP contribution in [0.5, 0.6) is 0 Å². The van der Waals surface area contributed by atoms with Crippen LogP contribution in [0.4, 0.5) is 23.4 Å². The molecule has 1 heterocycles.